The molecule has 0 fully saturated rings. The fourth-order valence-corrected chi connectivity index (χ4v) is 2.36. The summed E-state index contributed by atoms with van der Waals surface area (Å²) in [6, 6.07) is 13.0. The van der Waals surface area contributed by atoms with E-state index in [4.69, 9.17) is 16.3 Å². The van der Waals surface area contributed by atoms with Crippen LogP contribution in [0.25, 0.3) is 11.7 Å². The Hall–Kier alpha value is -2.86. The summed E-state index contributed by atoms with van der Waals surface area (Å²) in [5.41, 5.74) is 2.51. The van der Waals surface area contributed by atoms with Gasteiger partial charge in [0.15, 0.2) is 5.65 Å². The number of ether oxygens (including phenoxy) is 1. The predicted molar refractivity (Wildman–Crippen MR) is 96.3 cm³/mol. The summed E-state index contributed by atoms with van der Waals surface area (Å²) in [4.78, 5) is 15.9. The molecule has 3 aromatic rings. The van der Waals surface area contributed by atoms with Crippen molar-refractivity contribution in [1.82, 2.24) is 19.9 Å². The number of nitrogens with zero attached hydrogens (tertiary/aromatic N) is 3. The Morgan fingerprint density at radius 1 is 1.24 bits per heavy atom. The molecule has 6 nitrogen and oxygen atoms in total. The topological polar surface area (TPSA) is 68.5 Å². The van der Waals surface area contributed by atoms with Gasteiger partial charge in [-0.15, -0.1) is 0 Å². The molecule has 2 aromatic heterocycles. The maximum absolute atomic E-state index is 11.6. The average Bonchev–Trinajstić information content (AvgIpc) is 3.03. The maximum Gasteiger partial charge on any atom is 0.407 e. The van der Waals surface area contributed by atoms with E-state index >= 15 is 0 Å². The molecule has 128 valence electrons. The van der Waals surface area contributed by atoms with E-state index in [2.05, 4.69) is 15.4 Å². The summed E-state index contributed by atoms with van der Waals surface area (Å²) in [5.74, 6) is 0. The molecule has 2 heterocycles. The second kappa shape index (κ2) is 8.30. The van der Waals surface area contributed by atoms with Gasteiger partial charge in [0.2, 0.25) is 0 Å². The molecular weight excluding hydrogens is 340 g/mol. The first kappa shape index (κ1) is 17.0. The van der Waals surface area contributed by atoms with Crippen molar-refractivity contribution in [2.45, 2.75) is 13.0 Å². The number of carbonyl (C=O) groups excluding carboxylic acids is 1. The Kier molecular flexibility index (Phi) is 5.64. The molecule has 0 atom stereocenters. The fraction of sp³-hybridized carbons (Fsp3) is 0.167. The molecule has 0 radical (unpaired) electrons. The summed E-state index contributed by atoms with van der Waals surface area (Å²) in [5, 5.41) is 7.31. The van der Waals surface area contributed by atoms with Gasteiger partial charge in [0, 0.05) is 6.54 Å². The molecule has 0 saturated carbocycles. The number of fused-ring (bicyclic) bond motifs is 1. The molecule has 7 heteroatoms. The van der Waals surface area contributed by atoms with Gasteiger partial charge in [-0.2, -0.15) is 5.10 Å². The zero-order chi connectivity index (χ0) is 17.5. The molecule has 0 spiro atoms. The van der Waals surface area contributed by atoms with Gasteiger partial charge >= 0.3 is 6.09 Å². The van der Waals surface area contributed by atoms with Crippen molar-refractivity contribution < 1.29 is 9.53 Å². The molecule has 0 aliphatic rings. The third kappa shape index (κ3) is 4.81. The van der Waals surface area contributed by atoms with Crippen molar-refractivity contribution in [2.24, 2.45) is 0 Å². The van der Waals surface area contributed by atoms with Crippen molar-refractivity contribution in [3.05, 3.63) is 71.1 Å². The van der Waals surface area contributed by atoms with E-state index in [9.17, 15) is 4.79 Å². The first-order valence-electron chi connectivity index (χ1n) is 7.84. The second-order valence-corrected chi connectivity index (χ2v) is 5.68. The van der Waals surface area contributed by atoms with Crippen molar-refractivity contribution >= 4 is 29.4 Å². The van der Waals surface area contributed by atoms with Crippen LogP contribution in [0.1, 0.15) is 17.7 Å². The Balaban J connectivity index is 1.42. The van der Waals surface area contributed by atoms with Gasteiger partial charge in [0.05, 0.1) is 11.9 Å². The Morgan fingerprint density at radius 2 is 2.08 bits per heavy atom. The maximum atomic E-state index is 11.6. The lowest BCUT2D eigenvalue weighted by Crippen LogP contribution is -2.24. The van der Waals surface area contributed by atoms with Gasteiger partial charge < -0.3 is 10.1 Å². The molecule has 3 rings (SSSR count). The number of hydrogen-bond acceptors (Lipinski definition) is 4. The van der Waals surface area contributed by atoms with E-state index in [-0.39, 0.29) is 6.61 Å². The van der Waals surface area contributed by atoms with E-state index < -0.39 is 6.09 Å². The number of hydrogen-bond donors (Lipinski definition) is 1. The summed E-state index contributed by atoms with van der Waals surface area (Å²) in [7, 11) is 0. The molecule has 0 aliphatic carbocycles. The minimum Gasteiger partial charge on any atom is -0.445 e. The highest BCUT2D eigenvalue weighted by atomic mass is 35.5. The van der Waals surface area contributed by atoms with Crippen LogP contribution >= 0.6 is 11.6 Å². The van der Waals surface area contributed by atoms with Gasteiger partial charge in [-0.05, 0) is 30.2 Å². The minimum absolute atomic E-state index is 0.261. The fourth-order valence-electron chi connectivity index (χ4n) is 2.22. The number of benzene rings is 1. The number of alkyl carbamates (subject to hydrolysis) is 1. The van der Waals surface area contributed by atoms with Gasteiger partial charge in [0.25, 0.3) is 0 Å². The lowest BCUT2D eigenvalue weighted by atomic mass is 10.2. The molecule has 1 N–H and O–H groups in total. The van der Waals surface area contributed by atoms with Crippen molar-refractivity contribution in [3.8, 4) is 0 Å². The molecule has 0 aliphatic heterocycles. The van der Waals surface area contributed by atoms with Crippen LogP contribution in [-0.2, 0) is 11.3 Å². The van der Waals surface area contributed by atoms with Gasteiger partial charge in [-0.3, -0.25) is 0 Å². The van der Waals surface area contributed by atoms with E-state index in [1.807, 2.05) is 42.5 Å². The first-order chi connectivity index (χ1) is 12.2. The smallest absolute Gasteiger partial charge is 0.407 e. The van der Waals surface area contributed by atoms with Crippen LogP contribution < -0.4 is 5.32 Å². The van der Waals surface area contributed by atoms with Crippen LogP contribution in [0.4, 0.5) is 4.79 Å². The van der Waals surface area contributed by atoms with Gasteiger partial charge in [-0.25, -0.2) is 14.3 Å². The number of nitrogens with one attached hydrogen (secondary N) is 1. The van der Waals surface area contributed by atoms with Crippen LogP contribution in [0.3, 0.4) is 0 Å². The minimum atomic E-state index is -0.430. The first-order valence-corrected chi connectivity index (χ1v) is 8.21. The molecule has 25 heavy (non-hydrogen) atoms. The Bertz CT molecular complexity index is 877. The predicted octanol–water partition coefficient (Wildman–Crippen LogP) is 3.71. The lowest BCUT2D eigenvalue weighted by Gasteiger charge is -2.05. The Labute approximate surface area is 150 Å². The van der Waals surface area contributed by atoms with Crippen molar-refractivity contribution in [2.75, 3.05) is 6.54 Å². The number of aromatic nitrogens is 3. The number of halogens is 1. The SMILES string of the molecule is O=C(NCCC=Cc1cnc2ccc(Cl)nn12)OCc1ccccc1. The lowest BCUT2D eigenvalue weighted by molar-refractivity contribution is 0.140. The molecule has 0 unspecified atom stereocenters. The van der Waals surface area contributed by atoms with E-state index in [1.165, 1.54) is 0 Å². The highest BCUT2D eigenvalue weighted by molar-refractivity contribution is 6.29. The summed E-state index contributed by atoms with van der Waals surface area (Å²) >= 11 is 5.89. The van der Waals surface area contributed by atoms with Crippen LogP contribution in [0.15, 0.2) is 54.7 Å². The summed E-state index contributed by atoms with van der Waals surface area (Å²) in [6.45, 7) is 0.742. The second-order valence-electron chi connectivity index (χ2n) is 5.29. The molecule has 0 bridgehead atoms. The summed E-state index contributed by atoms with van der Waals surface area (Å²) < 4.78 is 6.81. The van der Waals surface area contributed by atoms with Gasteiger partial charge in [0.1, 0.15) is 11.8 Å². The highest BCUT2D eigenvalue weighted by Crippen LogP contribution is 2.10. The number of carbonyl (C=O) groups is 1. The van der Waals surface area contributed by atoms with Gasteiger partial charge in [-0.1, -0.05) is 48.0 Å². The average molecular weight is 357 g/mol. The zero-order valence-electron chi connectivity index (χ0n) is 13.4. The van der Waals surface area contributed by atoms with Crippen molar-refractivity contribution in [1.29, 1.82) is 0 Å². The van der Waals surface area contributed by atoms with E-state index in [1.54, 1.807) is 22.8 Å². The quantitative estimate of drug-likeness (QED) is 0.683. The van der Waals surface area contributed by atoms with Crippen LogP contribution in [0, 0.1) is 0 Å². The monoisotopic (exact) mass is 356 g/mol. The third-order valence-electron chi connectivity index (χ3n) is 3.44. The largest absolute Gasteiger partial charge is 0.445 e. The standard InChI is InChI=1S/C18H17ClN4O2/c19-16-9-10-17-21-12-15(23(17)22-16)8-4-5-11-20-18(24)25-13-14-6-2-1-3-7-14/h1-4,6-10,12H,5,11,13H2,(H,20,24). The normalized spacial score (nSPS) is 11.1. The summed E-state index contributed by atoms with van der Waals surface area (Å²) in [6.07, 6.45) is 5.77. The highest BCUT2D eigenvalue weighted by Gasteiger charge is 2.03. The molecule has 1 amide bonds. The third-order valence-corrected chi connectivity index (χ3v) is 3.64. The number of amides is 1. The zero-order valence-corrected chi connectivity index (χ0v) is 14.2. The Morgan fingerprint density at radius 3 is 2.92 bits per heavy atom. The van der Waals surface area contributed by atoms with Crippen LogP contribution in [-0.4, -0.2) is 27.2 Å². The van der Waals surface area contributed by atoms with Crippen LogP contribution in [0.2, 0.25) is 5.15 Å². The van der Waals surface area contributed by atoms with Crippen LogP contribution in [0.5, 0.6) is 0 Å². The molecule has 1 aromatic carbocycles. The van der Waals surface area contributed by atoms with E-state index in [0.29, 0.717) is 18.1 Å². The number of imidazole rings is 1. The van der Waals surface area contributed by atoms with E-state index in [0.717, 1.165) is 16.9 Å². The molecular formula is C18H17ClN4O2. The van der Waals surface area contributed by atoms with Crippen molar-refractivity contribution in [3.63, 3.8) is 0 Å². The molecule has 0 saturated heterocycles. The number of rotatable bonds is 6.